The molecule has 1 aromatic carbocycles. The van der Waals surface area contributed by atoms with Crippen molar-refractivity contribution in [2.75, 3.05) is 18.0 Å². The van der Waals surface area contributed by atoms with Crippen LogP contribution >= 0.6 is 0 Å². The molecule has 0 saturated carbocycles. The fraction of sp³-hybridized carbons (Fsp3) is 0.571. The Balaban J connectivity index is 1.72. The van der Waals surface area contributed by atoms with Crippen LogP contribution < -0.4 is 4.90 Å². The maximum atomic E-state index is 2.68. The SMILES string of the molecule is CC(C)N1C2CC1CN(c1ccccc1)C2. The van der Waals surface area contributed by atoms with Crippen molar-refractivity contribution in [3.05, 3.63) is 30.3 Å². The van der Waals surface area contributed by atoms with Crippen LogP contribution in [0, 0.1) is 0 Å². The number of piperidine rings is 1. The summed E-state index contributed by atoms with van der Waals surface area (Å²) in [4.78, 5) is 5.22. The Bertz CT molecular complexity index is 348. The van der Waals surface area contributed by atoms with Gasteiger partial charge in [0, 0.05) is 36.9 Å². The summed E-state index contributed by atoms with van der Waals surface area (Å²) in [5, 5.41) is 0. The summed E-state index contributed by atoms with van der Waals surface area (Å²) in [7, 11) is 0. The second-order valence-corrected chi connectivity index (χ2v) is 5.32. The molecule has 3 heterocycles. The van der Waals surface area contributed by atoms with Crippen LogP contribution in [0.1, 0.15) is 20.3 Å². The van der Waals surface area contributed by atoms with E-state index in [0.29, 0.717) is 6.04 Å². The predicted octanol–water partition coefficient (Wildman–Crippen LogP) is 2.36. The van der Waals surface area contributed by atoms with Gasteiger partial charge in [-0.3, -0.25) is 4.90 Å². The lowest BCUT2D eigenvalue weighted by molar-refractivity contribution is -0.0270. The molecule has 3 aliphatic heterocycles. The van der Waals surface area contributed by atoms with Gasteiger partial charge in [-0.1, -0.05) is 18.2 Å². The van der Waals surface area contributed by atoms with E-state index in [2.05, 4.69) is 54.0 Å². The largest absolute Gasteiger partial charge is 0.368 e. The molecule has 2 atom stereocenters. The number of fused-ring (bicyclic) bond motifs is 2. The number of benzene rings is 1. The maximum absolute atomic E-state index is 2.68. The van der Waals surface area contributed by atoms with E-state index >= 15 is 0 Å². The van der Waals surface area contributed by atoms with Crippen molar-refractivity contribution < 1.29 is 0 Å². The molecule has 0 aromatic heterocycles. The second kappa shape index (κ2) is 3.77. The van der Waals surface area contributed by atoms with Gasteiger partial charge in [0.05, 0.1) is 0 Å². The van der Waals surface area contributed by atoms with Crippen LogP contribution in [0.5, 0.6) is 0 Å². The molecule has 86 valence electrons. The Labute approximate surface area is 97.9 Å². The number of nitrogens with zero attached hydrogens (tertiary/aromatic N) is 2. The zero-order valence-electron chi connectivity index (χ0n) is 10.1. The minimum Gasteiger partial charge on any atom is -0.368 e. The summed E-state index contributed by atoms with van der Waals surface area (Å²) in [6.07, 6.45) is 1.40. The quantitative estimate of drug-likeness (QED) is 0.749. The smallest absolute Gasteiger partial charge is 0.0367 e. The van der Waals surface area contributed by atoms with Gasteiger partial charge < -0.3 is 4.90 Å². The second-order valence-electron chi connectivity index (χ2n) is 5.32. The van der Waals surface area contributed by atoms with Gasteiger partial charge in [0.2, 0.25) is 0 Å². The number of anilines is 1. The van der Waals surface area contributed by atoms with Crippen molar-refractivity contribution >= 4 is 5.69 Å². The molecule has 0 aliphatic carbocycles. The lowest BCUT2D eigenvalue weighted by Crippen LogP contribution is -2.70. The minimum absolute atomic E-state index is 0.710. The number of hydrogen-bond acceptors (Lipinski definition) is 2. The normalized spacial score (nSPS) is 29.3. The molecule has 2 heteroatoms. The average Bonchev–Trinajstić information content (AvgIpc) is 2.29. The molecule has 0 radical (unpaired) electrons. The molecule has 2 bridgehead atoms. The van der Waals surface area contributed by atoms with Gasteiger partial charge >= 0.3 is 0 Å². The van der Waals surface area contributed by atoms with E-state index in [4.69, 9.17) is 0 Å². The van der Waals surface area contributed by atoms with Crippen molar-refractivity contribution in [3.63, 3.8) is 0 Å². The molecule has 1 aromatic rings. The van der Waals surface area contributed by atoms with Crippen molar-refractivity contribution in [1.82, 2.24) is 4.90 Å². The Morgan fingerprint density at radius 3 is 2.25 bits per heavy atom. The number of hydrogen-bond donors (Lipinski definition) is 0. The van der Waals surface area contributed by atoms with E-state index in [0.717, 1.165) is 12.1 Å². The van der Waals surface area contributed by atoms with E-state index in [-0.39, 0.29) is 0 Å². The summed E-state index contributed by atoms with van der Waals surface area (Å²) in [5.74, 6) is 0. The third-order valence-corrected chi connectivity index (χ3v) is 3.97. The zero-order valence-corrected chi connectivity index (χ0v) is 10.1. The van der Waals surface area contributed by atoms with Crippen LogP contribution in [-0.2, 0) is 0 Å². The Hall–Kier alpha value is -1.02. The van der Waals surface area contributed by atoms with Gasteiger partial charge in [0.25, 0.3) is 0 Å². The molecule has 3 saturated heterocycles. The summed E-state index contributed by atoms with van der Waals surface area (Å²) >= 11 is 0. The van der Waals surface area contributed by atoms with E-state index in [1.807, 2.05) is 0 Å². The highest BCUT2D eigenvalue weighted by Gasteiger charge is 2.45. The average molecular weight is 216 g/mol. The van der Waals surface area contributed by atoms with Crippen molar-refractivity contribution in [2.45, 2.75) is 38.4 Å². The Morgan fingerprint density at radius 2 is 1.69 bits per heavy atom. The van der Waals surface area contributed by atoms with Gasteiger partial charge in [-0.05, 0) is 32.4 Å². The van der Waals surface area contributed by atoms with Crippen LogP contribution in [0.4, 0.5) is 5.69 Å². The number of rotatable bonds is 2. The molecule has 3 fully saturated rings. The standard InChI is InChI=1S/C14H20N2/c1-11(2)16-13-8-14(16)10-15(9-13)12-6-4-3-5-7-12/h3-7,11,13-14H,8-10H2,1-2H3. The molecule has 0 amide bonds. The molecule has 2 unspecified atom stereocenters. The van der Waals surface area contributed by atoms with Gasteiger partial charge in [-0.25, -0.2) is 0 Å². The minimum atomic E-state index is 0.710. The highest BCUT2D eigenvalue weighted by atomic mass is 15.4. The molecule has 0 spiro atoms. The van der Waals surface area contributed by atoms with Gasteiger partial charge in [0.15, 0.2) is 0 Å². The van der Waals surface area contributed by atoms with Crippen LogP contribution in [-0.4, -0.2) is 36.1 Å². The first-order valence-corrected chi connectivity index (χ1v) is 6.33. The topological polar surface area (TPSA) is 6.48 Å². The first-order chi connectivity index (χ1) is 7.75. The zero-order chi connectivity index (χ0) is 11.1. The van der Waals surface area contributed by atoms with Gasteiger partial charge in [-0.2, -0.15) is 0 Å². The van der Waals surface area contributed by atoms with Gasteiger partial charge in [-0.15, -0.1) is 0 Å². The fourth-order valence-corrected chi connectivity index (χ4v) is 3.33. The van der Waals surface area contributed by atoms with Crippen molar-refractivity contribution in [2.24, 2.45) is 0 Å². The monoisotopic (exact) mass is 216 g/mol. The molecule has 2 nitrogen and oxygen atoms in total. The summed E-state index contributed by atoms with van der Waals surface area (Å²) < 4.78 is 0. The Kier molecular flexibility index (Phi) is 2.40. The van der Waals surface area contributed by atoms with Crippen molar-refractivity contribution in [3.8, 4) is 0 Å². The third kappa shape index (κ3) is 1.52. The first kappa shape index (κ1) is 10.2. The summed E-state index contributed by atoms with van der Waals surface area (Å²) in [6, 6.07) is 13.1. The number of piperazine rings is 1. The molecule has 4 rings (SSSR count). The highest BCUT2D eigenvalue weighted by molar-refractivity contribution is 5.47. The van der Waals surface area contributed by atoms with Crippen molar-refractivity contribution in [1.29, 1.82) is 0 Å². The molecule has 3 aliphatic rings. The third-order valence-electron chi connectivity index (χ3n) is 3.97. The first-order valence-electron chi connectivity index (χ1n) is 6.33. The van der Waals surface area contributed by atoms with E-state index in [9.17, 15) is 0 Å². The van der Waals surface area contributed by atoms with Crippen LogP contribution in [0.2, 0.25) is 0 Å². The van der Waals surface area contributed by atoms with Gasteiger partial charge in [0.1, 0.15) is 0 Å². The van der Waals surface area contributed by atoms with Crippen LogP contribution in [0.3, 0.4) is 0 Å². The summed E-state index contributed by atoms with van der Waals surface area (Å²) in [5.41, 5.74) is 1.39. The Morgan fingerprint density at radius 1 is 1.06 bits per heavy atom. The highest BCUT2D eigenvalue weighted by Crippen LogP contribution is 2.35. The van der Waals surface area contributed by atoms with E-state index in [1.54, 1.807) is 0 Å². The van der Waals surface area contributed by atoms with E-state index in [1.165, 1.54) is 25.2 Å². The molecular weight excluding hydrogens is 196 g/mol. The molecule has 0 N–H and O–H groups in total. The van der Waals surface area contributed by atoms with Crippen LogP contribution in [0.25, 0.3) is 0 Å². The molecular formula is C14H20N2. The fourth-order valence-electron chi connectivity index (χ4n) is 3.33. The maximum Gasteiger partial charge on any atom is 0.0367 e. The lowest BCUT2D eigenvalue weighted by atomic mass is 9.85. The lowest BCUT2D eigenvalue weighted by Gasteiger charge is -2.58. The number of para-hydroxylation sites is 1. The summed E-state index contributed by atoms with van der Waals surface area (Å²) in [6.45, 7) is 7.05. The predicted molar refractivity (Wildman–Crippen MR) is 67.8 cm³/mol. The van der Waals surface area contributed by atoms with E-state index < -0.39 is 0 Å². The van der Waals surface area contributed by atoms with Crippen LogP contribution in [0.15, 0.2) is 30.3 Å². The molecule has 16 heavy (non-hydrogen) atoms.